The molecule has 1 aromatic heterocycles. The molecule has 1 atom stereocenters. The monoisotopic (exact) mass is 267 g/mol. The van der Waals surface area contributed by atoms with Gasteiger partial charge < -0.3 is 5.73 Å². The lowest BCUT2D eigenvalue weighted by Crippen LogP contribution is -2.25. The molecule has 0 saturated heterocycles. The number of ketones is 1. The largest absolute Gasteiger partial charge is 0.321 e. The van der Waals surface area contributed by atoms with E-state index in [0.717, 1.165) is 4.47 Å². The molecule has 66 valence electrons. The first kappa shape index (κ1) is 10.2. The Morgan fingerprint density at radius 1 is 1.83 bits per heavy atom. The van der Waals surface area contributed by atoms with Crippen molar-refractivity contribution >= 4 is 44.7 Å². The number of nitrogens with two attached hydrogens (primary N) is 1. The first-order valence-electron chi connectivity index (χ1n) is 3.27. The summed E-state index contributed by atoms with van der Waals surface area (Å²) in [4.78, 5) is 11.9. The van der Waals surface area contributed by atoms with Gasteiger partial charge in [-0.1, -0.05) is 11.6 Å². The zero-order valence-electron chi connectivity index (χ0n) is 6.30. The lowest BCUT2D eigenvalue weighted by atomic mass is 10.2. The lowest BCUT2D eigenvalue weighted by Gasteiger charge is -1.98. The van der Waals surface area contributed by atoms with Gasteiger partial charge in [0, 0.05) is 4.47 Å². The minimum Gasteiger partial charge on any atom is -0.321 e. The average molecular weight is 269 g/mol. The zero-order valence-corrected chi connectivity index (χ0v) is 9.46. The molecule has 0 radical (unpaired) electrons. The van der Waals surface area contributed by atoms with Crippen LogP contribution >= 0.6 is 38.9 Å². The highest BCUT2D eigenvalue weighted by Crippen LogP contribution is 2.32. The van der Waals surface area contributed by atoms with E-state index < -0.39 is 6.04 Å². The number of halogens is 2. The van der Waals surface area contributed by atoms with Gasteiger partial charge in [0.2, 0.25) is 0 Å². The van der Waals surface area contributed by atoms with Crippen LogP contribution in [0.2, 0.25) is 4.34 Å². The van der Waals surface area contributed by atoms with E-state index in [4.69, 9.17) is 17.3 Å². The van der Waals surface area contributed by atoms with Gasteiger partial charge in [-0.05, 0) is 28.9 Å². The fourth-order valence-electron chi connectivity index (χ4n) is 0.692. The second kappa shape index (κ2) is 3.87. The van der Waals surface area contributed by atoms with Gasteiger partial charge in [0.15, 0.2) is 5.78 Å². The van der Waals surface area contributed by atoms with Crippen LogP contribution in [0.25, 0.3) is 0 Å². The van der Waals surface area contributed by atoms with Crippen LogP contribution < -0.4 is 5.73 Å². The molecular formula is C7H7BrClNOS. The van der Waals surface area contributed by atoms with E-state index in [1.54, 1.807) is 13.0 Å². The van der Waals surface area contributed by atoms with Crippen molar-refractivity contribution in [3.8, 4) is 0 Å². The number of thiophene rings is 1. The van der Waals surface area contributed by atoms with Crippen LogP contribution in [0.1, 0.15) is 16.6 Å². The predicted octanol–water partition coefficient (Wildman–Crippen LogP) is 2.69. The molecule has 0 aliphatic rings. The molecule has 0 fully saturated rings. The number of Topliss-reactive ketones (excluding diaryl/α,β-unsaturated/α-hetero) is 1. The molecule has 1 heterocycles. The van der Waals surface area contributed by atoms with E-state index in [-0.39, 0.29) is 5.78 Å². The Kier molecular flexibility index (Phi) is 3.29. The summed E-state index contributed by atoms with van der Waals surface area (Å²) in [5.74, 6) is -0.0763. The summed E-state index contributed by atoms with van der Waals surface area (Å²) in [5.41, 5.74) is 5.43. The van der Waals surface area contributed by atoms with Crippen molar-refractivity contribution in [2.75, 3.05) is 0 Å². The summed E-state index contributed by atoms with van der Waals surface area (Å²) in [5, 5.41) is 0. The first-order valence-corrected chi connectivity index (χ1v) is 5.25. The van der Waals surface area contributed by atoms with Crippen LogP contribution in [0.4, 0.5) is 0 Å². The summed E-state index contributed by atoms with van der Waals surface area (Å²) < 4.78 is 1.33. The predicted molar refractivity (Wildman–Crippen MR) is 55.0 cm³/mol. The Balaban J connectivity index is 2.97. The van der Waals surface area contributed by atoms with Gasteiger partial charge in [0.25, 0.3) is 0 Å². The standard InChI is InChI=1S/C7H7BrClNOS/c1-3(10)6(11)5-2-4(8)7(9)12-5/h2-3H,10H2,1H3. The van der Waals surface area contributed by atoms with Crippen molar-refractivity contribution in [3.05, 3.63) is 19.8 Å². The smallest absolute Gasteiger partial charge is 0.189 e. The third-order valence-corrected chi connectivity index (χ3v) is 3.79. The third-order valence-electron chi connectivity index (χ3n) is 1.30. The maximum Gasteiger partial charge on any atom is 0.189 e. The molecule has 12 heavy (non-hydrogen) atoms. The number of carbonyl (C=O) groups excluding carboxylic acids is 1. The van der Waals surface area contributed by atoms with Crippen LogP contribution in [0.3, 0.4) is 0 Å². The van der Waals surface area contributed by atoms with Crippen LogP contribution in [0, 0.1) is 0 Å². The molecule has 1 rings (SSSR count). The SMILES string of the molecule is CC(N)C(=O)c1cc(Br)c(Cl)s1. The van der Waals surface area contributed by atoms with Gasteiger partial charge in [-0.2, -0.15) is 0 Å². The number of rotatable bonds is 2. The highest BCUT2D eigenvalue weighted by Gasteiger charge is 2.15. The lowest BCUT2D eigenvalue weighted by molar-refractivity contribution is 0.0972. The van der Waals surface area contributed by atoms with Gasteiger partial charge >= 0.3 is 0 Å². The van der Waals surface area contributed by atoms with Crippen molar-refractivity contribution in [1.82, 2.24) is 0 Å². The zero-order chi connectivity index (χ0) is 9.30. The first-order chi connectivity index (χ1) is 5.52. The maximum atomic E-state index is 11.3. The molecule has 0 saturated carbocycles. The fourth-order valence-corrected chi connectivity index (χ4v) is 2.43. The summed E-state index contributed by atoms with van der Waals surface area (Å²) in [7, 11) is 0. The van der Waals surface area contributed by atoms with E-state index in [2.05, 4.69) is 15.9 Å². The molecule has 2 nitrogen and oxygen atoms in total. The minimum absolute atomic E-state index is 0.0763. The van der Waals surface area contributed by atoms with Crippen molar-refractivity contribution in [3.63, 3.8) is 0 Å². The molecule has 1 unspecified atom stereocenters. The third kappa shape index (κ3) is 2.07. The van der Waals surface area contributed by atoms with Crippen molar-refractivity contribution < 1.29 is 4.79 Å². The number of carbonyl (C=O) groups is 1. The quantitative estimate of drug-likeness (QED) is 0.838. The number of hydrogen-bond acceptors (Lipinski definition) is 3. The molecule has 0 amide bonds. The van der Waals surface area contributed by atoms with Gasteiger partial charge in [-0.3, -0.25) is 4.79 Å². The Morgan fingerprint density at radius 2 is 2.42 bits per heavy atom. The Morgan fingerprint density at radius 3 is 2.75 bits per heavy atom. The molecule has 2 N–H and O–H groups in total. The molecule has 0 bridgehead atoms. The number of hydrogen-bond donors (Lipinski definition) is 1. The van der Waals surface area contributed by atoms with Gasteiger partial charge in [0.05, 0.1) is 10.9 Å². The van der Waals surface area contributed by atoms with Gasteiger partial charge in [0.1, 0.15) is 4.34 Å². The van der Waals surface area contributed by atoms with Gasteiger partial charge in [-0.15, -0.1) is 11.3 Å². The van der Waals surface area contributed by atoms with E-state index in [1.807, 2.05) is 0 Å². The average Bonchev–Trinajstić information content (AvgIpc) is 2.30. The summed E-state index contributed by atoms with van der Waals surface area (Å²) in [6.07, 6.45) is 0. The molecule has 1 aromatic rings. The Labute approximate surface area is 87.8 Å². The fraction of sp³-hybridized carbons (Fsp3) is 0.286. The van der Waals surface area contributed by atoms with Crippen LogP contribution in [0.15, 0.2) is 10.5 Å². The van der Waals surface area contributed by atoms with E-state index >= 15 is 0 Å². The normalized spacial score (nSPS) is 13.0. The van der Waals surface area contributed by atoms with E-state index in [0.29, 0.717) is 9.21 Å². The topological polar surface area (TPSA) is 43.1 Å². The summed E-state index contributed by atoms with van der Waals surface area (Å²) in [6.45, 7) is 1.66. The second-order valence-corrected chi connectivity index (χ2v) is 4.89. The molecule has 0 aliphatic carbocycles. The minimum atomic E-state index is -0.466. The summed E-state index contributed by atoms with van der Waals surface area (Å²) >= 11 is 10.2. The van der Waals surface area contributed by atoms with Crippen molar-refractivity contribution in [2.45, 2.75) is 13.0 Å². The Hall–Kier alpha value is 0.1000. The summed E-state index contributed by atoms with van der Waals surface area (Å²) in [6, 6.07) is 1.23. The van der Waals surface area contributed by atoms with Crippen LogP contribution in [-0.4, -0.2) is 11.8 Å². The molecule has 0 aromatic carbocycles. The molecule has 5 heteroatoms. The Bertz CT molecular complexity index is 291. The molecule has 0 aliphatic heterocycles. The van der Waals surface area contributed by atoms with Crippen molar-refractivity contribution in [1.29, 1.82) is 0 Å². The van der Waals surface area contributed by atoms with E-state index in [9.17, 15) is 4.79 Å². The van der Waals surface area contributed by atoms with Crippen molar-refractivity contribution in [2.24, 2.45) is 5.73 Å². The van der Waals surface area contributed by atoms with Crippen LogP contribution in [-0.2, 0) is 0 Å². The highest BCUT2D eigenvalue weighted by atomic mass is 79.9. The molecule has 0 spiro atoms. The maximum absolute atomic E-state index is 11.3. The molecular weight excluding hydrogens is 262 g/mol. The van der Waals surface area contributed by atoms with Gasteiger partial charge in [-0.25, -0.2) is 0 Å². The highest BCUT2D eigenvalue weighted by molar-refractivity contribution is 9.10. The van der Waals surface area contributed by atoms with E-state index in [1.165, 1.54) is 11.3 Å². The van der Waals surface area contributed by atoms with Crippen LogP contribution in [0.5, 0.6) is 0 Å². The second-order valence-electron chi connectivity index (χ2n) is 2.39.